The van der Waals surface area contributed by atoms with Crippen LogP contribution in [0.4, 0.5) is 4.79 Å². The molecule has 0 spiro atoms. The maximum Gasteiger partial charge on any atom is 0.408 e. The van der Waals surface area contributed by atoms with Gasteiger partial charge in [0.25, 0.3) is 0 Å². The highest BCUT2D eigenvalue weighted by Gasteiger charge is 2.29. The summed E-state index contributed by atoms with van der Waals surface area (Å²) in [6.45, 7) is 7.34. The summed E-state index contributed by atoms with van der Waals surface area (Å²) in [6, 6.07) is 7.63. The third kappa shape index (κ3) is 8.24. The van der Waals surface area contributed by atoms with Gasteiger partial charge in [0, 0.05) is 0 Å². The van der Waals surface area contributed by atoms with E-state index in [0.717, 1.165) is 12.0 Å². The number of carbonyl (C=O) groups is 3. The Labute approximate surface area is 166 Å². The van der Waals surface area contributed by atoms with E-state index in [4.69, 9.17) is 9.47 Å². The van der Waals surface area contributed by atoms with Crippen LogP contribution in [-0.4, -0.2) is 37.2 Å². The molecule has 154 valence electrons. The molecular formula is C21H30N2O5. The first-order chi connectivity index (χ1) is 13.4. The summed E-state index contributed by atoms with van der Waals surface area (Å²) in [5.41, 5.74) is 0.844. The number of hydrogen-bond donors (Lipinski definition) is 2. The number of allylic oxidation sites excluding steroid dienone is 1. The van der Waals surface area contributed by atoms with Crippen molar-refractivity contribution >= 4 is 18.0 Å². The quantitative estimate of drug-likeness (QED) is 0.344. The van der Waals surface area contributed by atoms with Crippen LogP contribution in [0.1, 0.15) is 38.7 Å². The van der Waals surface area contributed by atoms with Crippen molar-refractivity contribution in [3.05, 3.63) is 48.6 Å². The highest BCUT2D eigenvalue weighted by Crippen LogP contribution is 2.08. The van der Waals surface area contributed by atoms with Gasteiger partial charge >= 0.3 is 12.1 Å². The first-order valence-corrected chi connectivity index (χ1v) is 9.35. The summed E-state index contributed by atoms with van der Waals surface area (Å²) in [5, 5.41) is 5.24. The molecule has 1 rings (SSSR count). The van der Waals surface area contributed by atoms with Gasteiger partial charge in [-0.25, -0.2) is 9.59 Å². The predicted octanol–water partition coefficient (Wildman–Crippen LogP) is 2.95. The smallest absolute Gasteiger partial charge is 0.408 e. The molecule has 0 aliphatic heterocycles. The van der Waals surface area contributed by atoms with Crippen LogP contribution in [0.15, 0.2) is 43.0 Å². The monoisotopic (exact) mass is 390 g/mol. The van der Waals surface area contributed by atoms with Crippen molar-refractivity contribution in [2.45, 2.75) is 51.8 Å². The average Bonchev–Trinajstić information content (AvgIpc) is 2.69. The SMILES string of the molecule is C=CCCC[C@@H](NC(=O)[C@@H](NC(=O)OCc1ccccc1)C(C)C)C(=O)OC. The lowest BCUT2D eigenvalue weighted by Gasteiger charge is -2.24. The molecule has 0 radical (unpaired) electrons. The van der Waals surface area contributed by atoms with Gasteiger partial charge in [0.1, 0.15) is 18.7 Å². The fraction of sp³-hybridized carbons (Fsp3) is 0.476. The topological polar surface area (TPSA) is 93.7 Å². The van der Waals surface area contributed by atoms with Crippen LogP contribution in [0.2, 0.25) is 0 Å². The molecule has 7 heteroatoms. The van der Waals surface area contributed by atoms with Crippen molar-refractivity contribution in [3.63, 3.8) is 0 Å². The minimum Gasteiger partial charge on any atom is -0.467 e. The number of benzene rings is 1. The van der Waals surface area contributed by atoms with Crippen molar-refractivity contribution in [3.8, 4) is 0 Å². The molecule has 28 heavy (non-hydrogen) atoms. The second-order valence-electron chi connectivity index (χ2n) is 6.73. The largest absolute Gasteiger partial charge is 0.467 e. The molecule has 0 aliphatic carbocycles. The van der Waals surface area contributed by atoms with Crippen LogP contribution < -0.4 is 10.6 Å². The molecule has 0 bridgehead atoms. The number of ether oxygens (including phenoxy) is 2. The zero-order valence-electron chi connectivity index (χ0n) is 16.8. The van der Waals surface area contributed by atoms with Crippen LogP contribution in [0.3, 0.4) is 0 Å². The number of rotatable bonds is 11. The zero-order chi connectivity index (χ0) is 20.9. The molecule has 2 N–H and O–H groups in total. The van der Waals surface area contributed by atoms with Gasteiger partial charge in [0.05, 0.1) is 7.11 Å². The number of nitrogens with one attached hydrogen (secondary N) is 2. The molecular weight excluding hydrogens is 360 g/mol. The number of amides is 2. The van der Waals surface area contributed by atoms with Crippen molar-refractivity contribution < 1.29 is 23.9 Å². The number of alkyl carbamates (subject to hydrolysis) is 1. The lowest BCUT2D eigenvalue weighted by molar-refractivity contribution is -0.145. The summed E-state index contributed by atoms with van der Waals surface area (Å²) >= 11 is 0. The summed E-state index contributed by atoms with van der Waals surface area (Å²) < 4.78 is 9.94. The number of unbranched alkanes of at least 4 members (excludes halogenated alkanes) is 1. The summed E-state index contributed by atoms with van der Waals surface area (Å²) in [5.74, 6) is -1.18. The first-order valence-electron chi connectivity index (χ1n) is 9.35. The van der Waals surface area contributed by atoms with Gasteiger partial charge in [-0.05, 0) is 30.7 Å². The van der Waals surface area contributed by atoms with Crippen LogP contribution >= 0.6 is 0 Å². The minimum absolute atomic E-state index is 0.103. The van der Waals surface area contributed by atoms with Gasteiger partial charge in [0.2, 0.25) is 5.91 Å². The van der Waals surface area contributed by atoms with E-state index in [-0.39, 0.29) is 12.5 Å². The lowest BCUT2D eigenvalue weighted by Crippen LogP contribution is -2.53. The Morgan fingerprint density at radius 2 is 1.82 bits per heavy atom. The highest BCUT2D eigenvalue weighted by atomic mass is 16.5. The number of esters is 1. The van der Waals surface area contributed by atoms with Crippen LogP contribution in [0.25, 0.3) is 0 Å². The standard InChI is InChI=1S/C21H30N2O5/c1-5-6-8-13-17(20(25)27-4)22-19(24)18(15(2)3)23-21(26)28-14-16-11-9-7-10-12-16/h5,7,9-12,15,17-18H,1,6,8,13-14H2,2-4H3,(H,22,24)(H,23,26)/t17-,18+/m1/s1. The number of carbonyl (C=O) groups excluding carboxylic acids is 3. The van der Waals surface area contributed by atoms with Crippen LogP contribution in [0.5, 0.6) is 0 Å². The molecule has 1 aromatic carbocycles. The van der Waals surface area contributed by atoms with Gasteiger partial charge in [0.15, 0.2) is 0 Å². The lowest BCUT2D eigenvalue weighted by atomic mass is 10.0. The third-order valence-corrected chi connectivity index (χ3v) is 4.14. The fourth-order valence-electron chi connectivity index (χ4n) is 2.55. The molecule has 2 atom stereocenters. The maximum absolute atomic E-state index is 12.6. The molecule has 1 aromatic rings. The van der Waals surface area contributed by atoms with E-state index in [0.29, 0.717) is 12.8 Å². The predicted molar refractivity (Wildman–Crippen MR) is 106 cm³/mol. The number of hydrogen-bond acceptors (Lipinski definition) is 5. The van der Waals surface area contributed by atoms with E-state index in [1.54, 1.807) is 19.9 Å². The Bertz CT molecular complexity index is 645. The van der Waals surface area contributed by atoms with Gasteiger partial charge in [-0.1, -0.05) is 50.3 Å². The van der Waals surface area contributed by atoms with Crippen molar-refractivity contribution in [2.24, 2.45) is 5.92 Å². The fourth-order valence-corrected chi connectivity index (χ4v) is 2.55. The Balaban J connectivity index is 2.65. The molecule has 2 amide bonds. The molecule has 0 fully saturated rings. The van der Waals surface area contributed by atoms with E-state index in [2.05, 4.69) is 17.2 Å². The van der Waals surface area contributed by atoms with Crippen molar-refractivity contribution in [2.75, 3.05) is 7.11 Å². The summed E-state index contributed by atoms with van der Waals surface area (Å²) in [7, 11) is 1.27. The van der Waals surface area contributed by atoms with Gasteiger partial charge < -0.3 is 20.1 Å². The summed E-state index contributed by atoms with van der Waals surface area (Å²) in [4.78, 5) is 36.7. The average molecular weight is 390 g/mol. The Hall–Kier alpha value is -2.83. The second-order valence-corrected chi connectivity index (χ2v) is 6.73. The maximum atomic E-state index is 12.6. The molecule has 0 saturated carbocycles. The molecule has 0 saturated heterocycles. The molecule has 0 aliphatic rings. The first kappa shape index (κ1) is 23.2. The van der Waals surface area contributed by atoms with Gasteiger partial charge in [-0.2, -0.15) is 0 Å². The molecule has 0 heterocycles. The summed E-state index contributed by atoms with van der Waals surface area (Å²) in [6.07, 6.45) is 2.88. The van der Waals surface area contributed by atoms with Crippen molar-refractivity contribution in [1.29, 1.82) is 0 Å². The van der Waals surface area contributed by atoms with Gasteiger partial charge in [-0.15, -0.1) is 6.58 Å². The van der Waals surface area contributed by atoms with E-state index < -0.39 is 30.1 Å². The Morgan fingerprint density at radius 1 is 1.14 bits per heavy atom. The Morgan fingerprint density at radius 3 is 2.39 bits per heavy atom. The molecule has 0 aromatic heterocycles. The molecule has 0 unspecified atom stereocenters. The van der Waals surface area contributed by atoms with Gasteiger partial charge in [-0.3, -0.25) is 4.79 Å². The van der Waals surface area contributed by atoms with Crippen LogP contribution in [-0.2, 0) is 25.7 Å². The second kappa shape index (κ2) is 12.5. The van der Waals surface area contributed by atoms with E-state index in [1.165, 1.54) is 7.11 Å². The van der Waals surface area contributed by atoms with Crippen molar-refractivity contribution in [1.82, 2.24) is 10.6 Å². The Kier molecular flexibility index (Phi) is 10.4. The zero-order valence-corrected chi connectivity index (χ0v) is 16.8. The van der Waals surface area contributed by atoms with E-state index in [1.807, 2.05) is 30.3 Å². The molecule has 7 nitrogen and oxygen atoms in total. The number of methoxy groups -OCH3 is 1. The normalized spacial score (nSPS) is 12.6. The highest BCUT2D eigenvalue weighted by molar-refractivity contribution is 5.89. The van der Waals surface area contributed by atoms with E-state index >= 15 is 0 Å². The minimum atomic E-state index is -0.838. The third-order valence-electron chi connectivity index (χ3n) is 4.14. The van der Waals surface area contributed by atoms with Crippen LogP contribution in [0, 0.1) is 5.92 Å². The van der Waals surface area contributed by atoms with E-state index in [9.17, 15) is 14.4 Å².